The van der Waals surface area contributed by atoms with Crippen molar-refractivity contribution in [2.24, 2.45) is 0 Å². The molecule has 55 heavy (non-hydrogen) atoms. The number of aliphatic hydroxyl groups is 2. The van der Waals surface area contributed by atoms with Gasteiger partial charge < -0.3 is 63.7 Å². The lowest BCUT2D eigenvalue weighted by Gasteiger charge is -2.21. The van der Waals surface area contributed by atoms with E-state index >= 15 is 0 Å². The van der Waals surface area contributed by atoms with Crippen LogP contribution in [0.3, 0.4) is 0 Å². The summed E-state index contributed by atoms with van der Waals surface area (Å²) in [5.41, 5.74) is 0.680. The quantitative estimate of drug-likeness (QED) is 0.0291. The Kier molecular flexibility index (Phi) is 17.7. The highest BCUT2D eigenvalue weighted by Gasteiger charge is 2.46. The molecule has 1 aliphatic rings. The zero-order valence-corrected chi connectivity index (χ0v) is 32.5. The Labute approximate surface area is 325 Å². The fraction of sp³-hybridized carbons (Fsp3) is 0.548. The SMILES string of the molecule is C#CCOCCOCCOCCOCCNC(=O)C[C@@H](Nc1nc(Cl)nc2c1cnn2[C@@H]1O[C@H](COP(=O)(O)CP(=O)(O)O)[C@@H](O)[C@H]1O)c1cccc(Cl)c1. The predicted octanol–water partition coefficient (Wildman–Crippen LogP) is 1.45. The fourth-order valence-electron chi connectivity index (χ4n) is 5.18. The summed E-state index contributed by atoms with van der Waals surface area (Å²) < 4.78 is 56.3. The topological polar surface area (TPSA) is 275 Å². The summed E-state index contributed by atoms with van der Waals surface area (Å²) in [4.78, 5) is 49.5. The van der Waals surface area contributed by atoms with Crippen LogP contribution in [-0.4, -0.2) is 141 Å². The zero-order valence-electron chi connectivity index (χ0n) is 29.2. The third-order valence-corrected chi connectivity index (χ3v) is 11.5. The molecule has 1 amide bonds. The van der Waals surface area contributed by atoms with Gasteiger partial charge in [0.25, 0.3) is 0 Å². The lowest BCUT2D eigenvalue weighted by molar-refractivity contribution is -0.121. The van der Waals surface area contributed by atoms with E-state index in [0.29, 0.717) is 50.2 Å². The van der Waals surface area contributed by atoms with E-state index in [4.69, 9.17) is 67.6 Å². The second-order valence-corrected chi connectivity index (χ2v) is 16.6. The number of carbonyl (C=O) groups excluding carboxylic acids is 1. The molecule has 1 saturated heterocycles. The van der Waals surface area contributed by atoms with E-state index in [-0.39, 0.29) is 54.2 Å². The number of anilines is 1. The smallest absolute Gasteiger partial charge is 0.340 e. The van der Waals surface area contributed by atoms with Gasteiger partial charge in [-0.05, 0) is 29.3 Å². The Balaban J connectivity index is 1.35. The summed E-state index contributed by atoms with van der Waals surface area (Å²) in [5, 5.41) is 32.1. The highest BCUT2D eigenvalue weighted by atomic mass is 35.5. The van der Waals surface area contributed by atoms with Crippen molar-refractivity contribution >= 4 is 61.2 Å². The third kappa shape index (κ3) is 14.6. The molecular weight excluding hydrogens is 813 g/mol. The number of carbonyl (C=O) groups is 1. The van der Waals surface area contributed by atoms with Crippen LogP contribution in [0.15, 0.2) is 30.5 Å². The molecule has 304 valence electrons. The second kappa shape index (κ2) is 21.6. The average molecular weight is 856 g/mol. The molecule has 3 aromatic rings. The first-order valence-corrected chi connectivity index (χ1v) is 21.0. The molecule has 1 aliphatic heterocycles. The molecule has 1 unspecified atom stereocenters. The summed E-state index contributed by atoms with van der Waals surface area (Å²) in [5.74, 6) is 0.742. The summed E-state index contributed by atoms with van der Waals surface area (Å²) in [6, 6.07) is 6.13. The van der Waals surface area contributed by atoms with Gasteiger partial charge in [-0.3, -0.25) is 13.9 Å². The Hall–Kier alpha value is -2.80. The van der Waals surface area contributed by atoms with Crippen LogP contribution in [0.4, 0.5) is 5.82 Å². The van der Waals surface area contributed by atoms with Crippen molar-refractivity contribution in [3.05, 3.63) is 46.3 Å². The first-order valence-electron chi connectivity index (χ1n) is 16.6. The van der Waals surface area contributed by atoms with Gasteiger partial charge >= 0.3 is 15.2 Å². The number of ether oxygens (including phenoxy) is 5. The van der Waals surface area contributed by atoms with Crippen molar-refractivity contribution in [2.75, 3.05) is 77.2 Å². The van der Waals surface area contributed by atoms with Gasteiger partial charge in [0.15, 0.2) is 17.8 Å². The van der Waals surface area contributed by atoms with E-state index in [1.54, 1.807) is 24.3 Å². The van der Waals surface area contributed by atoms with Crippen molar-refractivity contribution in [3.8, 4) is 12.3 Å². The highest BCUT2D eigenvalue weighted by Crippen LogP contribution is 2.55. The number of nitrogens with zero attached hydrogens (tertiary/aromatic N) is 4. The molecule has 1 aromatic carbocycles. The van der Waals surface area contributed by atoms with Crippen molar-refractivity contribution in [2.45, 2.75) is 37.0 Å². The van der Waals surface area contributed by atoms with Crippen LogP contribution in [-0.2, 0) is 42.1 Å². The first-order chi connectivity index (χ1) is 26.2. The van der Waals surface area contributed by atoms with Crippen LogP contribution in [0.25, 0.3) is 11.0 Å². The monoisotopic (exact) mass is 854 g/mol. The van der Waals surface area contributed by atoms with Crippen LogP contribution in [0.2, 0.25) is 10.3 Å². The fourth-order valence-corrected chi connectivity index (χ4v) is 8.11. The molecule has 0 aliphatic carbocycles. The molecule has 1 fully saturated rings. The maximum Gasteiger partial charge on any atom is 0.340 e. The van der Waals surface area contributed by atoms with Crippen LogP contribution in [0.1, 0.15) is 24.3 Å². The Morgan fingerprint density at radius 3 is 2.33 bits per heavy atom. The summed E-state index contributed by atoms with van der Waals surface area (Å²) in [7, 11) is -9.68. The molecule has 0 radical (unpaired) electrons. The number of fused-ring (bicyclic) bond motifs is 1. The summed E-state index contributed by atoms with van der Waals surface area (Å²) >= 11 is 12.6. The van der Waals surface area contributed by atoms with Crippen LogP contribution >= 0.6 is 38.4 Å². The van der Waals surface area contributed by atoms with Gasteiger partial charge in [-0.2, -0.15) is 15.1 Å². The van der Waals surface area contributed by atoms with E-state index in [1.165, 1.54) is 6.20 Å². The van der Waals surface area contributed by atoms with Crippen molar-refractivity contribution in [1.29, 1.82) is 0 Å². The van der Waals surface area contributed by atoms with E-state index in [1.807, 2.05) is 0 Å². The van der Waals surface area contributed by atoms with Gasteiger partial charge in [0, 0.05) is 11.6 Å². The zero-order chi connectivity index (χ0) is 40.0. The largest absolute Gasteiger partial charge is 0.387 e. The number of aliphatic hydroxyl groups excluding tert-OH is 2. The van der Waals surface area contributed by atoms with Crippen LogP contribution in [0, 0.1) is 12.3 Å². The van der Waals surface area contributed by atoms with E-state index in [2.05, 4.69) is 31.6 Å². The molecule has 3 heterocycles. The highest BCUT2D eigenvalue weighted by molar-refractivity contribution is 7.70. The number of aromatic nitrogens is 4. The predicted molar refractivity (Wildman–Crippen MR) is 196 cm³/mol. The van der Waals surface area contributed by atoms with Crippen LogP contribution < -0.4 is 10.6 Å². The summed E-state index contributed by atoms with van der Waals surface area (Å²) in [6.45, 7) is 2.16. The van der Waals surface area contributed by atoms with Gasteiger partial charge in [0.1, 0.15) is 30.7 Å². The number of benzene rings is 1. The molecule has 0 spiro atoms. The molecule has 0 saturated carbocycles. The second-order valence-electron chi connectivity index (χ2n) is 11.9. The Bertz CT molecular complexity index is 1850. The van der Waals surface area contributed by atoms with Gasteiger partial charge in [-0.1, -0.05) is 29.7 Å². The normalized spacial score (nSPS) is 20.3. The maximum absolute atomic E-state index is 13.1. The number of terminal acetylenes is 1. The van der Waals surface area contributed by atoms with Crippen molar-refractivity contribution in [3.63, 3.8) is 0 Å². The molecule has 4 rings (SSSR count). The van der Waals surface area contributed by atoms with Crippen molar-refractivity contribution < 1.29 is 67.0 Å². The minimum Gasteiger partial charge on any atom is -0.387 e. The van der Waals surface area contributed by atoms with Gasteiger partial charge in [-0.25, -0.2) is 4.68 Å². The number of halogens is 2. The van der Waals surface area contributed by atoms with E-state index in [9.17, 15) is 29.0 Å². The minimum atomic E-state index is -4.91. The molecular formula is C31H42Cl2N6O14P2. The van der Waals surface area contributed by atoms with Gasteiger partial charge in [0.05, 0.1) is 76.9 Å². The molecule has 6 atom stereocenters. The molecule has 2 aromatic heterocycles. The molecule has 20 nitrogen and oxygen atoms in total. The average Bonchev–Trinajstić information content (AvgIpc) is 3.65. The van der Waals surface area contributed by atoms with E-state index in [0.717, 1.165) is 4.68 Å². The van der Waals surface area contributed by atoms with Gasteiger partial charge in [0.2, 0.25) is 11.2 Å². The Morgan fingerprint density at radius 2 is 1.67 bits per heavy atom. The number of hydrogen-bond acceptors (Lipinski definition) is 15. The number of amides is 1. The standard InChI is InChI=1S/C31H42Cl2N6O14P2/c1-2-7-48-9-11-50-13-14-51-12-10-49-8-6-34-25(40)16-23(20-4-3-5-21(32)15-20)36-28-22-17-35-39(29(22)38-31(33)37-28)30-27(42)26(41)24(53-30)18-52-55(46,47)19-54(43,44)45/h1,3-5,15,17,23-24,26-27,30,41-42H,6-14,16,18-19H2,(H,34,40)(H,46,47)(H,36,37,38)(H2,43,44,45)/t23-,24-,26-,27-,30-/m1/s1. The number of nitrogens with one attached hydrogen (secondary N) is 2. The molecule has 0 bridgehead atoms. The molecule has 24 heteroatoms. The lowest BCUT2D eigenvalue weighted by atomic mass is 10.0. The van der Waals surface area contributed by atoms with Crippen LogP contribution in [0.5, 0.6) is 0 Å². The van der Waals surface area contributed by atoms with Crippen molar-refractivity contribution in [1.82, 2.24) is 25.1 Å². The summed E-state index contributed by atoms with van der Waals surface area (Å²) in [6.07, 6.45) is 0.217. The molecule has 7 N–H and O–H groups in total. The first kappa shape index (κ1) is 44.9. The number of rotatable bonds is 24. The number of hydrogen-bond donors (Lipinski definition) is 7. The third-order valence-electron chi connectivity index (χ3n) is 7.63. The maximum atomic E-state index is 13.1. The van der Waals surface area contributed by atoms with Gasteiger partial charge in [-0.15, -0.1) is 6.42 Å². The Morgan fingerprint density at radius 1 is 1.00 bits per heavy atom. The minimum absolute atomic E-state index is 0.0447. The van der Waals surface area contributed by atoms with E-state index < -0.39 is 58.3 Å². The lowest BCUT2D eigenvalue weighted by Crippen LogP contribution is -2.33.